The van der Waals surface area contributed by atoms with E-state index in [0.29, 0.717) is 17.4 Å². The maximum atomic E-state index is 12.2. The summed E-state index contributed by atoms with van der Waals surface area (Å²) in [6.07, 6.45) is 5.00. The van der Waals surface area contributed by atoms with Crippen molar-refractivity contribution in [2.75, 3.05) is 6.61 Å². The number of amides is 2. The monoisotopic (exact) mass is 324 g/mol. The number of aliphatic hydroxyl groups excluding tert-OH is 1. The Kier molecular flexibility index (Phi) is 6.52. The molecule has 2 rings (SSSR count). The van der Waals surface area contributed by atoms with Crippen molar-refractivity contribution in [2.24, 2.45) is 5.92 Å². The Morgan fingerprint density at radius 2 is 2.00 bits per heavy atom. The molecule has 2 unspecified atom stereocenters. The van der Waals surface area contributed by atoms with Crippen molar-refractivity contribution in [3.8, 4) is 0 Å². The van der Waals surface area contributed by atoms with E-state index in [1.165, 1.54) is 6.42 Å². The molecule has 1 fully saturated rings. The Bertz CT molecular complexity index is 474. The summed E-state index contributed by atoms with van der Waals surface area (Å²) in [4.78, 5) is 12.2. The number of carbonyl (C=O) groups excluding carboxylic acids is 1. The second-order valence-corrected chi connectivity index (χ2v) is 6.54. The summed E-state index contributed by atoms with van der Waals surface area (Å²) < 4.78 is 0. The summed E-state index contributed by atoms with van der Waals surface area (Å²) in [6, 6.07) is 7.66. The molecule has 1 aliphatic rings. The zero-order valence-corrected chi connectivity index (χ0v) is 13.8. The van der Waals surface area contributed by atoms with E-state index in [9.17, 15) is 4.79 Å². The van der Waals surface area contributed by atoms with E-state index >= 15 is 0 Å². The lowest BCUT2D eigenvalue weighted by molar-refractivity contribution is 0.204. The third kappa shape index (κ3) is 4.89. The van der Waals surface area contributed by atoms with Gasteiger partial charge in [0.15, 0.2) is 0 Å². The molecule has 0 radical (unpaired) electrons. The molecule has 2 amide bonds. The van der Waals surface area contributed by atoms with Gasteiger partial charge in [0, 0.05) is 17.7 Å². The molecule has 0 aromatic heterocycles. The molecule has 1 saturated carbocycles. The van der Waals surface area contributed by atoms with Gasteiger partial charge in [0.2, 0.25) is 0 Å². The van der Waals surface area contributed by atoms with E-state index < -0.39 is 0 Å². The highest BCUT2D eigenvalue weighted by Crippen LogP contribution is 2.37. The molecule has 1 aromatic carbocycles. The number of hydrogen-bond donors (Lipinski definition) is 3. The van der Waals surface area contributed by atoms with Crippen LogP contribution in [0.3, 0.4) is 0 Å². The van der Waals surface area contributed by atoms with Crippen LogP contribution >= 0.6 is 11.6 Å². The molecule has 122 valence electrons. The number of hydrogen-bond acceptors (Lipinski definition) is 2. The summed E-state index contributed by atoms with van der Waals surface area (Å²) in [5, 5.41) is 15.6. The topological polar surface area (TPSA) is 61.4 Å². The average Bonchev–Trinajstić information content (AvgIpc) is 2.43. The van der Waals surface area contributed by atoms with Crippen LogP contribution in [0.25, 0.3) is 0 Å². The van der Waals surface area contributed by atoms with Crippen molar-refractivity contribution >= 4 is 17.6 Å². The van der Waals surface area contributed by atoms with Crippen LogP contribution < -0.4 is 10.6 Å². The van der Waals surface area contributed by atoms with Gasteiger partial charge in [-0.25, -0.2) is 4.79 Å². The molecule has 1 aromatic rings. The predicted octanol–water partition coefficient (Wildman–Crippen LogP) is 3.64. The van der Waals surface area contributed by atoms with Crippen molar-refractivity contribution in [1.82, 2.24) is 10.6 Å². The molecule has 0 spiro atoms. The first kappa shape index (κ1) is 17.1. The molecule has 3 N–H and O–H groups in total. The Balaban J connectivity index is 1.95. The number of urea groups is 1. The van der Waals surface area contributed by atoms with Crippen LogP contribution in [0.2, 0.25) is 5.02 Å². The zero-order valence-electron chi connectivity index (χ0n) is 13.0. The van der Waals surface area contributed by atoms with Crippen molar-refractivity contribution in [3.05, 3.63) is 34.9 Å². The minimum atomic E-state index is -0.141. The number of carbonyl (C=O) groups is 1. The maximum Gasteiger partial charge on any atom is 0.315 e. The van der Waals surface area contributed by atoms with E-state index in [0.717, 1.165) is 24.8 Å². The van der Waals surface area contributed by atoms with Gasteiger partial charge in [-0.15, -0.1) is 0 Å². The van der Waals surface area contributed by atoms with Crippen LogP contribution in [0.5, 0.6) is 0 Å². The molecular weight excluding hydrogens is 300 g/mol. The van der Waals surface area contributed by atoms with Gasteiger partial charge < -0.3 is 15.7 Å². The SMILES string of the molecule is CC(CCCO)NC(=O)NC(c1ccc(Cl)cc1)C1CCC1. The van der Waals surface area contributed by atoms with Gasteiger partial charge in [-0.2, -0.15) is 0 Å². The second-order valence-electron chi connectivity index (χ2n) is 6.10. The first-order valence-corrected chi connectivity index (χ1v) is 8.41. The first-order chi connectivity index (χ1) is 10.6. The van der Waals surface area contributed by atoms with Crippen molar-refractivity contribution in [3.63, 3.8) is 0 Å². The number of nitrogens with one attached hydrogen (secondary N) is 2. The molecule has 1 aliphatic carbocycles. The van der Waals surface area contributed by atoms with E-state index in [-0.39, 0.29) is 24.7 Å². The lowest BCUT2D eigenvalue weighted by Crippen LogP contribution is -2.45. The Labute approximate surface area is 137 Å². The molecule has 0 saturated heterocycles. The highest BCUT2D eigenvalue weighted by Gasteiger charge is 2.29. The fourth-order valence-electron chi connectivity index (χ4n) is 2.79. The standard InChI is InChI=1S/C17H25ClN2O2/c1-12(4-3-11-21)19-17(22)20-16(13-5-2-6-13)14-7-9-15(18)10-8-14/h7-10,12-13,16,21H,2-6,11H2,1H3,(H2,19,20,22). The fourth-order valence-corrected chi connectivity index (χ4v) is 2.92. The van der Waals surface area contributed by atoms with E-state index in [1.807, 2.05) is 31.2 Å². The van der Waals surface area contributed by atoms with E-state index in [2.05, 4.69) is 10.6 Å². The largest absolute Gasteiger partial charge is 0.396 e. The Morgan fingerprint density at radius 1 is 1.32 bits per heavy atom. The van der Waals surface area contributed by atoms with Crippen LogP contribution in [0.15, 0.2) is 24.3 Å². The third-order valence-electron chi connectivity index (χ3n) is 4.31. The van der Waals surface area contributed by atoms with Crippen molar-refractivity contribution in [2.45, 2.75) is 51.1 Å². The summed E-state index contributed by atoms with van der Waals surface area (Å²) in [6.45, 7) is 2.11. The summed E-state index contributed by atoms with van der Waals surface area (Å²) in [7, 11) is 0. The molecule has 0 aliphatic heterocycles. The van der Waals surface area contributed by atoms with Gasteiger partial charge in [-0.3, -0.25) is 0 Å². The number of halogens is 1. The highest BCUT2D eigenvalue weighted by atomic mass is 35.5. The van der Waals surface area contributed by atoms with Gasteiger partial charge in [0.1, 0.15) is 0 Å². The minimum absolute atomic E-state index is 0.0380. The summed E-state index contributed by atoms with van der Waals surface area (Å²) >= 11 is 5.95. The van der Waals surface area contributed by atoms with Crippen LogP contribution in [0.4, 0.5) is 4.79 Å². The highest BCUT2D eigenvalue weighted by molar-refractivity contribution is 6.30. The Morgan fingerprint density at radius 3 is 2.55 bits per heavy atom. The number of benzene rings is 1. The zero-order chi connectivity index (χ0) is 15.9. The van der Waals surface area contributed by atoms with Crippen molar-refractivity contribution in [1.29, 1.82) is 0 Å². The van der Waals surface area contributed by atoms with Crippen LogP contribution in [0, 0.1) is 5.92 Å². The molecule has 0 bridgehead atoms. The maximum absolute atomic E-state index is 12.2. The second kappa shape index (κ2) is 8.39. The lowest BCUT2D eigenvalue weighted by Gasteiger charge is -2.35. The summed E-state index contributed by atoms with van der Waals surface area (Å²) in [5.74, 6) is 0.500. The first-order valence-electron chi connectivity index (χ1n) is 8.03. The molecule has 2 atom stereocenters. The minimum Gasteiger partial charge on any atom is -0.396 e. The predicted molar refractivity (Wildman–Crippen MR) is 89.0 cm³/mol. The van der Waals surface area contributed by atoms with Crippen LogP contribution in [-0.2, 0) is 0 Å². The molecular formula is C17H25ClN2O2. The van der Waals surface area contributed by atoms with Gasteiger partial charge in [0.25, 0.3) is 0 Å². The lowest BCUT2D eigenvalue weighted by atomic mass is 9.77. The fraction of sp³-hybridized carbons (Fsp3) is 0.588. The third-order valence-corrected chi connectivity index (χ3v) is 4.56. The van der Waals surface area contributed by atoms with Gasteiger partial charge in [0.05, 0.1) is 6.04 Å². The van der Waals surface area contributed by atoms with Gasteiger partial charge >= 0.3 is 6.03 Å². The number of rotatable bonds is 7. The molecule has 4 nitrogen and oxygen atoms in total. The van der Waals surface area contributed by atoms with Crippen LogP contribution in [0.1, 0.15) is 50.6 Å². The quantitative estimate of drug-likeness (QED) is 0.717. The Hall–Kier alpha value is -1.26. The molecule has 22 heavy (non-hydrogen) atoms. The molecule has 5 heteroatoms. The van der Waals surface area contributed by atoms with Gasteiger partial charge in [-0.05, 0) is 56.2 Å². The van der Waals surface area contributed by atoms with E-state index in [1.54, 1.807) is 0 Å². The van der Waals surface area contributed by atoms with Crippen LogP contribution in [-0.4, -0.2) is 23.8 Å². The normalized spacial score (nSPS) is 17.4. The number of aliphatic hydroxyl groups is 1. The smallest absolute Gasteiger partial charge is 0.315 e. The van der Waals surface area contributed by atoms with Gasteiger partial charge in [-0.1, -0.05) is 30.2 Å². The molecule has 0 heterocycles. The summed E-state index contributed by atoms with van der Waals surface area (Å²) in [5.41, 5.74) is 1.10. The van der Waals surface area contributed by atoms with Crippen molar-refractivity contribution < 1.29 is 9.90 Å². The average molecular weight is 325 g/mol. The van der Waals surface area contributed by atoms with E-state index in [4.69, 9.17) is 16.7 Å².